The van der Waals surface area contributed by atoms with E-state index in [4.69, 9.17) is 0 Å². The van der Waals surface area contributed by atoms with Crippen LogP contribution in [-0.4, -0.2) is 101 Å². The molecule has 0 radical (unpaired) electrons. The van der Waals surface area contributed by atoms with E-state index >= 15 is 0 Å². The number of pyridine rings is 2. The quantitative estimate of drug-likeness (QED) is 0.0332. The number of hydrogen-bond acceptors (Lipinski definition) is 18. The molecular formula is C116H148N8O6S6. The van der Waals surface area contributed by atoms with Gasteiger partial charge in [0.15, 0.2) is 11.6 Å². The average molecular weight is 1940 g/mol. The van der Waals surface area contributed by atoms with Crippen molar-refractivity contribution in [3.8, 4) is 91.2 Å². The Kier molecular flexibility index (Phi) is 36.2. The smallest absolute Gasteiger partial charge is 0.162 e. The first kappa shape index (κ1) is 105. The first-order chi connectivity index (χ1) is 64.7. The maximum absolute atomic E-state index is 11.5. The summed E-state index contributed by atoms with van der Waals surface area (Å²) in [5, 5.41) is 71.7. The van der Waals surface area contributed by atoms with Crippen molar-refractivity contribution in [1.29, 1.82) is 0 Å². The van der Waals surface area contributed by atoms with Crippen molar-refractivity contribution in [2.75, 3.05) is 0 Å². The number of phenols is 6. The van der Waals surface area contributed by atoms with Crippen molar-refractivity contribution >= 4 is 70.6 Å². The van der Waals surface area contributed by atoms with Gasteiger partial charge in [-0.1, -0.05) is 250 Å². The van der Waals surface area contributed by atoms with Crippen LogP contribution in [0.2, 0.25) is 0 Å². The third-order valence-electron chi connectivity index (χ3n) is 26.7. The van der Waals surface area contributed by atoms with Crippen molar-refractivity contribution in [2.24, 2.45) is 0 Å². The molecule has 3 unspecified atom stereocenters. The molecule has 0 aliphatic heterocycles. The van der Waals surface area contributed by atoms with Gasteiger partial charge >= 0.3 is 0 Å². The van der Waals surface area contributed by atoms with Crippen LogP contribution in [0.5, 0.6) is 34.5 Å². The van der Waals surface area contributed by atoms with Crippen LogP contribution < -0.4 is 0 Å². The maximum Gasteiger partial charge on any atom is 0.162 e. The highest BCUT2D eigenvalue weighted by molar-refractivity contribution is 8.04. The van der Waals surface area contributed by atoms with Gasteiger partial charge in [-0.25, -0.2) is 19.9 Å². The molecule has 0 bridgehead atoms. The van der Waals surface area contributed by atoms with Crippen molar-refractivity contribution in [1.82, 2.24) is 39.0 Å². The van der Waals surface area contributed by atoms with Crippen LogP contribution in [0, 0.1) is 0 Å². The second-order valence-electron chi connectivity index (χ2n) is 43.5. The van der Waals surface area contributed by atoms with Crippen LogP contribution in [0.15, 0.2) is 208 Å². The third kappa shape index (κ3) is 28.1. The summed E-state index contributed by atoms with van der Waals surface area (Å²) in [4.78, 5) is 27.0. The van der Waals surface area contributed by atoms with E-state index < -0.39 is 0 Å². The van der Waals surface area contributed by atoms with Gasteiger partial charge in [-0.15, -0.1) is 0 Å². The number of nitrogens with zero attached hydrogens (tertiary/aromatic N) is 8. The Balaban J connectivity index is 0.000000173. The maximum atomic E-state index is 11.5. The Morgan fingerprint density at radius 3 is 0.684 bits per heavy atom. The molecule has 6 N–H and O–H groups in total. The number of phenolic OH excluding ortho intramolecular Hbond substituents is 6. The van der Waals surface area contributed by atoms with E-state index in [1.807, 2.05) is 177 Å². The van der Waals surface area contributed by atoms with E-state index in [1.54, 1.807) is 49.3 Å². The molecule has 0 amide bonds. The summed E-state index contributed by atoms with van der Waals surface area (Å²) in [5.74, 6) is 7.65. The molecule has 724 valence electrons. The SMILES string of the molecule is CC(C)(C)c1cc(CSC2CCCCCC[C@@H]2SCc2cc(C(C)(C)C)cc(-c3ccccn3)c2O)c(O)c(-c2ccccn2)c1.CC(C)(C)c1cc(CSC2CCCCCC[C@@H]2SCc2cc(C(C)(C)C)cc(-c3ncccn3)c2O)c(O)c(-c2ncccn2)c1.CC(C)(C)c1cc(CSC2CCCCCC[C@@H]2SCc2cc(C(C)(C)C)cc(-n3cccc3)c2O)c(O)c(-n2cccc2)c1. The summed E-state index contributed by atoms with van der Waals surface area (Å²) >= 11 is 11.9. The summed E-state index contributed by atoms with van der Waals surface area (Å²) in [7, 11) is 0. The molecule has 6 aromatic carbocycles. The molecule has 6 aromatic heterocycles. The highest BCUT2D eigenvalue weighted by atomic mass is 32.2. The predicted octanol–water partition coefficient (Wildman–Crippen LogP) is 31.5. The van der Waals surface area contributed by atoms with Crippen molar-refractivity contribution in [2.45, 2.75) is 339 Å². The van der Waals surface area contributed by atoms with Gasteiger partial charge in [0, 0.05) is 172 Å². The van der Waals surface area contributed by atoms with E-state index in [1.165, 1.54) is 136 Å². The molecule has 3 saturated carbocycles. The number of aromatic hydroxyl groups is 6. The number of rotatable bonds is 24. The number of benzene rings is 6. The molecule has 0 spiro atoms. The first-order valence-corrected chi connectivity index (χ1v) is 55.6. The van der Waals surface area contributed by atoms with E-state index in [2.05, 4.69) is 215 Å². The lowest BCUT2D eigenvalue weighted by Crippen LogP contribution is -2.22. The third-order valence-corrected chi connectivity index (χ3v) is 36.0. The van der Waals surface area contributed by atoms with Crippen molar-refractivity contribution in [3.63, 3.8) is 0 Å². The summed E-state index contributed by atoms with van der Waals surface area (Å²) in [6.45, 7) is 40.0. The Hall–Kier alpha value is -8.76. The zero-order chi connectivity index (χ0) is 97.3. The number of hydrogen-bond donors (Lipinski definition) is 6. The molecule has 15 rings (SSSR count). The Morgan fingerprint density at radius 2 is 0.456 bits per heavy atom. The van der Waals surface area contributed by atoms with Crippen molar-refractivity contribution in [3.05, 3.63) is 274 Å². The minimum Gasteiger partial charge on any atom is -0.507 e. The van der Waals surface area contributed by atoms with E-state index in [9.17, 15) is 30.6 Å². The highest BCUT2D eigenvalue weighted by Gasteiger charge is 2.34. The fraction of sp³-hybridized carbons (Fsp3) is 0.466. The van der Waals surface area contributed by atoms with Gasteiger partial charge in [-0.05, 0) is 201 Å². The lowest BCUT2D eigenvalue weighted by Gasteiger charge is -2.30. The molecule has 3 aliphatic rings. The van der Waals surface area contributed by atoms with Gasteiger partial charge in [0.1, 0.15) is 34.5 Å². The zero-order valence-electron chi connectivity index (χ0n) is 83.8. The van der Waals surface area contributed by atoms with Gasteiger partial charge in [0.2, 0.25) is 0 Å². The number of thioether (sulfide) groups is 6. The van der Waals surface area contributed by atoms with Crippen molar-refractivity contribution < 1.29 is 30.6 Å². The van der Waals surface area contributed by atoms with Crippen LogP contribution in [0.3, 0.4) is 0 Å². The van der Waals surface area contributed by atoms with Crippen LogP contribution in [-0.2, 0) is 67.0 Å². The first-order valence-electron chi connectivity index (χ1n) is 49.3. The van der Waals surface area contributed by atoms with E-state index in [0.717, 1.165) is 115 Å². The molecule has 12 aromatic rings. The fourth-order valence-corrected chi connectivity index (χ4v) is 27.2. The minimum absolute atomic E-state index is 0.0171. The fourth-order valence-electron chi connectivity index (χ4n) is 18.0. The largest absolute Gasteiger partial charge is 0.507 e. The van der Waals surface area contributed by atoms with Gasteiger partial charge in [0.05, 0.1) is 33.9 Å². The lowest BCUT2D eigenvalue weighted by atomic mass is 9.84. The van der Waals surface area contributed by atoms with E-state index in [0.29, 0.717) is 77.3 Å². The summed E-state index contributed by atoms with van der Waals surface area (Å²) in [5.41, 5.74) is 19.2. The second-order valence-corrected chi connectivity index (χ2v) is 50.8. The topological polar surface area (TPSA) is 209 Å². The molecular weight excluding hydrogens is 1790 g/mol. The van der Waals surface area contributed by atoms with Gasteiger partial charge < -0.3 is 39.8 Å². The second kappa shape index (κ2) is 47.0. The Morgan fingerprint density at radius 1 is 0.243 bits per heavy atom. The van der Waals surface area contributed by atoms with Crippen LogP contribution in [0.25, 0.3) is 56.7 Å². The predicted molar refractivity (Wildman–Crippen MR) is 582 cm³/mol. The summed E-state index contributed by atoms with van der Waals surface area (Å²) in [6, 6.07) is 49.1. The van der Waals surface area contributed by atoms with Crippen LogP contribution >= 0.6 is 70.6 Å². The highest BCUT2D eigenvalue weighted by Crippen LogP contribution is 2.50. The molecule has 3 aliphatic carbocycles. The van der Waals surface area contributed by atoms with Crippen LogP contribution in [0.4, 0.5) is 0 Å². The standard InChI is InChI=1S/C40H50N2O2S2.C38H48N4O2S2.C38H50N2O2S2/c1-39(2,3)29-21-27(37(43)31(23-29)33-15-11-13-19-41-33)25-45-35-17-9-7-8-10-18-36(35)46-26-28-22-30(40(4,5)6)24-32(38(28)44)34-16-12-14-20-42-34;1-37(2,3)27-19-25(33(43)29(21-27)35-39-15-11-16-40-35)23-45-31-13-9-7-8-10-14-32(31)46-24-26-20-28(38(4,5)6)22-30(34(26)44)36-41-17-12-18-42-36;1-37(2,3)29-21-27(35(41)31(23-29)39-17-11-12-18-39)25-43-33-15-9-7-8-10-16-34(33)44-26-28-22-30(38(4,5)6)24-32(36(28)42)40-19-13-14-20-40/h11-16,19-24,35-36,43-44H,7-10,17-18,25-26H2,1-6H3;11-12,15-22,31-32,43-44H,7-10,13-14,23-24H2,1-6H3;11-14,17-24,33-34,41-42H,7-10,15-16,25-26H2,1-6H3/t35-,36?;31-,32?;33-,34?/m000/s1. The zero-order valence-corrected chi connectivity index (χ0v) is 88.7. The van der Waals surface area contributed by atoms with Gasteiger partial charge in [-0.2, -0.15) is 70.6 Å². The number of aromatic nitrogens is 8. The lowest BCUT2D eigenvalue weighted by molar-refractivity contribution is 0.465. The molecule has 14 nitrogen and oxygen atoms in total. The summed E-state index contributed by atoms with van der Waals surface area (Å²) in [6.07, 6.45) is 40.6. The van der Waals surface area contributed by atoms with Gasteiger partial charge in [-0.3, -0.25) is 9.97 Å². The van der Waals surface area contributed by atoms with E-state index in [-0.39, 0.29) is 44.0 Å². The summed E-state index contributed by atoms with van der Waals surface area (Å²) < 4.78 is 4.04. The monoisotopic (exact) mass is 1940 g/mol. The normalized spacial score (nSPS) is 17.9. The molecule has 3 fully saturated rings. The average Bonchev–Trinajstić information content (AvgIpc) is 1.48. The Labute approximate surface area is 837 Å². The molecule has 136 heavy (non-hydrogen) atoms. The molecule has 20 heteroatoms. The molecule has 0 saturated heterocycles. The van der Waals surface area contributed by atoms with Crippen LogP contribution in [0.1, 0.15) is 307 Å². The Bertz CT molecular complexity index is 5240. The van der Waals surface area contributed by atoms with Gasteiger partial charge in [0.25, 0.3) is 0 Å². The molecule has 6 atom stereocenters. The minimum atomic E-state index is -0.0808. The molecule has 6 heterocycles.